The number of anilines is 2. The van der Waals surface area contributed by atoms with Crippen LogP contribution in [0.5, 0.6) is 0 Å². The summed E-state index contributed by atoms with van der Waals surface area (Å²) >= 11 is 12.0. The number of ether oxygens (including phenoxy) is 1. The van der Waals surface area contributed by atoms with E-state index in [0.29, 0.717) is 45.1 Å². The molecule has 0 atom stereocenters. The van der Waals surface area contributed by atoms with E-state index in [-0.39, 0.29) is 5.97 Å². The number of rotatable bonds is 4. The number of hydrogen-bond donors (Lipinski definition) is 2. The Morgan fingerprint density at radius 2 is 1.96 bits per heavy atom. The first-order valence-electron chi connectivity index (χ1n) is 7.82. The molecule has 0 bridgehead atoms. The zero-order chi connectivity index (χ0) is 18.3. The van der Waals surface area contributed by atoms with Crippen LogP contribution in [0.15, 0.2) is 36.4 Å². The molecule has 0 spiro atoms. The Kier molecular flexibility index (Phi) is 4.18. The first kappa shape index (κ1) is 16.7. The number of imidazole rings is 1. The van der Waals surface area contributed by atoms with Gasteiger partial charge in [-0.2, -0.15) is 4.98 Å². The second-order valence-electron chi connectivity index (χ2n) is 5.53. The summed E-state index contributed by atoms with van der Waals surface area (Å²) in [5.74, 6) is 0.582. The lowest BCUT2D eigenvalue weighted by Crippen LogP contribution is -2.04. The minimum atomic E-state index is -0.376. The van der Waals surface area contributed by atoms with Gasteiger partial charge in [-0.1, -0.05) is 23.2 Å². The van der Waals surface area contributed by atoms with E-state index in [0.717, 1.165) is 5.52 Å². The van der Waals surface area contributed by atoms with Crippen LogP contribution >= 0.6 is 23.2 Å². The van der Waals surface area contributed by atoms with E-state index < -0.39 is 0 Å². The van der Waals surface area contributed by atoms with Crippen LogP contribution in [0.1, 0.15) is 17.3 Å². The number of hydrogen-bond acceptors (Lipinski definition) is 5. The molecule has 0 aliphatic heterocycles. The van der Waals surface area contributed by atoms with Gasteiger partial charge in [0.05, 0.1) is 23.2 Å². The number of aromatic nitrogens is 4. The number of nitrogens with zero attached hydrogens (tertiary/aromatic N) is 3. The Labute approximate surface area is 157 Å². The molecule has 2 heterocycles. The summed E-state index contributed by atoms with van der Waals surface area (Å²) in [6, 6.07) is 10.3. The molecule has 0 amide bonds. The highest BCUT2D eigenvalue weighted by molar-refractivity contribution is 6.35. The lowest BCUT2D eigenvalue weighted by Gasteiger charge is -2.04. The number of benzene rings is 2. The maximum absolute atomic E-state index is 11.8. The average Bonchev–Trinajstić information content (AvgIpc) is 3.10. The van der Waals surface area contributed by atoms with Crippen LogP contribution < -0.4 is 5.32 Å². The van der Waals surface area contributed by atoms with E-state index in [2.05, 4.69) is 20.4 Å². The number of H-pyrrole nitrogens is 1. The van der Waals surface area contributed by atoms with Crippen molar-refractivity contribution in [1.29, 1.82) is 0 Å². The van der Waals surface area contributed by atoms with Crippen LogP contribution in [-0.2, 0) is 4.74 Å². The average molecular weight is 390 g/mol. The topological polar surface area (TPSA) is 84.3 Å². The van der Waals surface area contributed by atoms with E-state index in [1.165, 1.54) is 0 Å². The van der Waals surface area contributed by atoms with Crippen LogP contribution in [0.3, 0.4) is 0 Å². The summed E-state index contributed by atoms with van der Waals surface area (Å²) < 4.78 is 6.73. The zero-order valence-corrected chi connectivity index (χ0v) is 15.1. The largest absolute Gasteiger partial charge is 0.462 e. The molecule has 2 N–H and O–H groups in total. The molecule has 0 aliphatic rings. The third-order valence-corrected chi connectivity index (χ3v) is 4.14. The van der Waals surface area contributed by atoms with Crippen LogP contribution in [0, 0.1) is 0 Å². The van der Waals surface area contributed by atoms with E-state index in [9.17, 15) is 4.79 Å². The molecule has 0 saturated heterocycles. The number of esters is 1. The van der Waals surface area contributed by atoms with Gasteiger partial charge in [0.25, 0.3) is 5.78 Å². The molecular weight excluding hydrogens is 377 g/mol. The summed E-state index contributed by atoms with van der Waals surface area (Å²) in [6.07, 6.45) is 0. The van der Waals surface area contributed by atoms with Gasteiger partial charge < -0.3 is 10.1 Å². The van der Waals surface area contributed by atoms with Crippen LogP contribution in [0.4, 0.5) is 11.6 Å². The summed E-state index contributed by atoms with van der Waals surface area (Å²) in [7, 11) is 0. The molecule has 2 aromatic heterocycles. The fraction of sp³-hybridized carbons (Fsp3) is 0.118. The Morgan fingerprint density at radius 3 is 2.69 bits per heavy atom. The number of aromatic amines is 1. The van der Waals surface area contributed by atoms with Crippen LogP contribution in [-0.4, -0.2) is 32.2 Å². The van der Waals surface area contributed by atoms with Gasteiger partial charge in [0, 0.05) is 15.7 Å². The molecule has 0 saturated carbocycles. The van der Waals surface area contributed by atoms with Gasteiger partial charge in [0.2, 0.25) is 5.95 Å². The number of carbonyl (C=O) groups excluding carboxylic acids is 1. The first-order valence-corrected chi connectivity index (χ1v) is 8.57. The van der Waals surface area contributed by atoms with Crippen molar-refractivity contribution in [2.24, 2.45) is 0 Å². The SMILES string of the molecule is CCOC(=O)c1ccc2c(c1)nc1nc(Nc3cc(Cl)cc(Cl)c3)[nH]n12. The molecule has 132 valence electrons. The Bertz CT molecular complexity index is 1110. The van der Waals surface area contributed by atoms with E-state index in [1.807, 2.05) is 0 Å². The van der Waals surface area contributed by atoms with Crippen molar-refractivity contribution in [1.82, 2.24) is 19.6 Å². The Balaban J connectivity index is 1.68. The number of fused-ring (bicyclic) bond motifs is 3. The molecule has 4 rings (SSSR count). The zero-order valence-electron chi connectivity index (χ0n) is 13.6. The number of nitrogens with one attached hydrogen (secondary N) is 2. The van der Waals surface area contributed by atoms with Crippen LogP contribution in [0.25, 0.3) is 16.8 Å². The predicted octanol–water partition coefficient (Wildman–Crippen LogP) is 4.44. The molecule has 0 aliphatic carbocycles. The molecule has 9 heteroatoms. The van der Waals surface area contributed by atoms with Crippen molar-refractivity contribution in [3.63, 3.8) is 0 Å². The lowest BCUT2D eigenvalue weighted by atomic mass is 10.2. The van der Waals surface area contributed by atoms with Crippen molar-refractivity contribution in [3.8, 4) is 0 Å². The molecule has 7 nitrogen and oxygen atoms in total. The maximum Gasteiger partial charge on any atom is 0.338 e. The third-order valence-electron chi connectivity index (χ3n) is 3.70. The minimum absolute atomic E-state index is 0.324. The van der Waals surface area contributed by atoms with Crippen molar-refractivity contribution >= 4 is 57.6 Å². The van der Waals surface area contributed by atoms with E-state index in [4.69, 9.17) is 27.9 Å². The van der Waals surface area contributed by atoms with Gasteiger partial charge in [-0.05, 0) is 43.3 Å². The fourth-order valence-corrected chi connectivity index (χ4v) is 3.17. The summed E-state index contributed by atoms with van der Waals surface area (Å²) in [5, 5.41) is 7.25. The predicted molar refractivity (Wildman–Crippen MR) is 101 cm³/mol. The summed E-state index contributed by atoms with van der Waals surface area (Å²) in [5.41, 5.74) is 2.59. The monoisotopic (exact) mass is 389 g/mol. The summed E-state index contributed by atoms with van der Waals surface area (Å²) in [6.45, 7) is 2.09. The van der Waals surface area contributed by atoms with E-state index in [1.54, 1.807) is 47.8 Å². The lowest BCUT2D eigenvalue weighted by molar-refractivity contribution is 0.0526. The molecular formula is C17H13Cl2N5O2. The number of halogens is 2. The maximum atomic E-state index is 11.8. The quantitative estimate of drug-likeness (QED) is 0.504. The highest BCUT2D eigenvalue weighted by Crippen LogP contribution is 2.25. The highest BCUT2D eigenvalue weighted by Gasteiger charge is 2.13. The van der Waals surface area contributed by atoms with Gasteiger partial charge in [-0.25, -0.2) is 14.3 Å². The second kappa shape index (κ2) is 6.51. The van der Waals surface area contributed by atoms with Crippen molar-refractivity contribution in [2.75, 3.05) is 11.9 Å². The molecule has 26 heavy (non-hydrogen) atoms. The fourth-order valence-electron chi connectivity index (χ4n) is 2.64. The molecule has 0 fully saturated rings. The minimum Gasteiger partial charge on any atom is -0.462 e. The molecule has 0 unspecified atom stereocenters. The van der Waals surface area contributed by atoms with Crippen molar-refractivity contribution in [3.05, 3.63) is 52.0 Å². The van der Waals surface area contributed by atoms with Gasteiger partial charge in [0.1, 0.15) is 0 Å². The molecule has 2 aromatic carbocycles. The van der Waals surface area contributed by atoms with Gasteiger partial charge in [-0.15, -0.1) is 0 Å². The molecule has 4 aromatic rings. The van der Waals surface area contributed by atoms with E-state index >= 15 is 0 Å². The van der Waals surface area contributed by atoms with Gasteiger partial charge >= 0.3 is 5.97 Å². The highest BCUT2D eigenvalue weighted by atomic mass is 35.5. The van der Waals surface area contributed by atoms with Gasteiger partial charge in [0.15, 0.2) is 0 Å². The Hall–Kier alpha value is -2.77. The Morgan fingerprint density at radius 1 is 1.19 bits per heavy atom. The van der Waals surface area contributed by atoms with Crippen molar-refractivity contribution in [2.45, 2.75) is 6.92 Å². The summed E-state index contributed by atoms with van der Waals surface area (Å²) in [4.78, 5) is 20.7. The van der Waals surface area contributed by atoms with Gasteiger partial charge in [-0.3, -0.25) is 5.10 Å². The second-order valence-corrected chi connectivity index (χ2v) is 6.40. The first-order chi connectivity index (χ1) is 12.5. The number of carbonyl (C=O) groups is 1. The van der Waals surface area contributed by atoms with Crippen LogP contribution in [0.2, 0.25) is 10.0 Å². The standard InChI is InChI=1S/C17H13Cl2N5O2/c1-2-26-15(25)9-3-4-14-13(5-9)21-17-22-16(23-24(14)17)20-12-7-10(18)6-11(19)8-12/h3-8H,2H2,1H3,(H2,20,21,22,23). The molecule has 0 radical (unpaired) electrons. The normalized spacial score (nSPS) is 11.2. The third kappa shape index (κ3) is 3.07. The van der Waals surface area contributed by atoms with Crippen molar-refractivity contribution < 1.29 is 9.53 Å². The smallest absolute Gasteiger partial charge is 0.338 e.